The summed E-state index contributed by atoms with van der Waals surface area (Å²) in [6, 6.07) is 8.62. The van der Waals surface area contributed by atoms with Gasteiger partial charge in [0.2, 0.25) is 0 Å². The van der Waals surface area contributed by atoms with Crippen molar-refractivity contribution in [3.63, 3.8) is 0 Å². The maximum Gasteiger partial charge on any atom is 0.329 e. The Kier molecular flexibility index (Phi) is 3.93. The van der Waals surface area contributed by atoms with E-state index in [-0.39, 0.29) is 0 Å². The molecule has 0 aromatic heterocycles. The largest absolute Gasteiger partial charge is 0.456 e. The van der Waals surface area contributed by atoms with Gasteiger partial charge in [-0.2, -0.15) is 0 Å². The van der Waals surface area contributed by atoms with Crippen LogP contribution in [0.25, 0.3) is 0 Å². The molecule has 1 aliphatic rings. The number of hydrogen-bond donors (Lipinski definition) is 0. The Morgan fingerprint density at radius 1 is 1.24 bits per heavy atom. The van der Waals surface area contributed by atoms with Crippen molar-refractivity contribution in [3.8, 4) is 0 Å². The lowest BCUT2D eigenvalue weighted by molar-refractivity contribution is -0.158. The summed E-state index contributed by atoms with van der Waals surface area (Å²) in [5.74, 6) is -1.16. The van der Waals surface area contributed by atoms with Gasteiger partial charge in [-0.1, -0.05) is 18.2 Å². The van der Waals surface area contributed by atoms with Crippen molar-refractivity contribution in [2.45, 2.75) is 49.0 Å². The standard InChI is InChI=1S/C15H18O5S/c1-10(16)19-12-14(2,3)20-13(17)15(12,4)21(18)11-8-6-5-7-9-11/h5-9,12H,1-4H3/t12-,15+,21?/m0/s1. The molecule has 1 unspecified atom stereocenters. The van der Waals surface area contributed by atoms with Crippen LogP contribution in [0.3, 0.4) is 0 Å². The van der Waals surface area contributed by atoms with E-state index >= 15 is 0 Å². The van der Waals surface area contributed by atoms with Crippen molar-refractivity contribution >= 4 is 22.7 Å². The first-order valence-electron chi connectivity index (χ1n) is 6.57. The molecule has 1 aromatic carbocycles. The average molecular weight is 310 g/mol. The van der Waals surface area contributed by atoms with Crippen molar-refractivity contribution in [2.24, 2.45) is 0 Å². The van der Waals surface area contributed by atoms with Gasteiger partial charge in [0.15, 0.2) is 10.9 Å². The molecule has 6 heteroatoms. The molecule has 1 saturated heterocycles. The second-order valence-corrected chi connectivity index (χ2v) is 7.53. The van der Waals surface area contributed by atoms with Crippen molar-refractivity contribution < 1.29 is 23.3 Å². The molecule has 0 amide bonds. The van der Waals surface area contributed by atoms with Gasteiger partial charge < -0.3 is 9.47 Å². The van der Waals surface area contributed by atoms with E-state index in [1.807, 2.05) is 0 Å². The molecule has 3 atom stereocenters. The zero-order valence-electron chi connectivity index (χ0n) is 12.4. The lowest BCUT2D eigenvalue weighted by atomic mass is 9.94. The highest BCUT2D eigenvalue weighted by Gasteiger charge is 2.64. The van der Waals surface area contributed by atoms with Gasteiger partial charge in [-0.25, -0.2) is 0 Å². The Balaban J connectivity index is 2.48. The molecule has 21 heavy (non-hydrogen) atoms. The molecule has 0 N–H and O–H groups in total. The van der Waals surface area contributed by atoms with E-state index in [9.17, 15) is 13.8 Å². The predicted molar refractivity (Wildman–Crippen MR) is 77.0 cm³/mol. The number of rotatable bonds is 3. The normalized spacial score (nSPS) is 28.8. The smallest absolute Gasteiger partial charge is 0.329 e. The van der Waals surface area contributed by atoms with Crippen LogP contribution in [0.15, 0.2) is 35.2 Å². The fourth-order valence-electron chi connectivity index (χ4n) is 2.55. The summed E-state index contributed by atoms with van der Waals surface area (Å²) in [7, 11) is -1.70. The number of carbonyl (C=O) groups is 2. The molecule has 0 bridgehead atoms. The summed E-state index contributed by atoms with van der Waals surface area (Å²) in [5, 5.41) is 0. The average Bonchev–Trinajstić information content (AvgIpc) is 2.59. The van der Waals surface area contributed by atoms with Gasteiger partial charge >= 0.3 is 11.9 Å². The van der Waals surface area contributed by atoms with Gasteiger partial charge in [0.05, 0.1) is 10.8 Å². The van der Waals surface area contributed by atoms with Gasteiger partial charge in [0.25, 0.3) is 0 Å². The van der Waals surface area contributed by atoms with E-state index in [1.165, 1.54) is 13.8 Å². The second kappa shape index (κ2) is 5.26. The molecule has 1 fully saturated rings. The third-order valence-corrected chi connectivity index (χ3v) is 5.37. The Morgan fingerprint density at radius 3 is 2.33 bits per heavy atom. The molecule has 0 saturated carbocycles. The van der Waals surface area contributed by atoms with Crippen molar-refractivity contribution in [3.05, 3.63) is 30.3 Å². The van der Waals surface area contributed by atoms with E-state index in [0.717, 1.165) is 0 Å². The fraction of sp³-hybridized carbons (Fsp3) is 0.467. The van der Waals surface area contributed by atoms with Crippen LogP contribution in [-0.2, 0) is 29.9 Å². The van der Waals surface area contributed by atoms with Crippen molar-refractivity contribution in [1.82, 2.24) is 0 Å². The van der Waals surface area contributed by atoms with Crippen LogP contribution in [-0.4, -0.2) is 32.6 Å². The number of cyclic esters (lactones) is 1. The summed E-state index contributed by atoms with van der Waals surface area (Å²) >= 11 is 0. The molecule has 2 rings (SSSR count). The van der Waals surface area contributed by atoms with Gasteiger partial charge in [-0.3, -0.25) is 13.8 Å². The molecular weight excluding hydrogens is 292 g/mol. The first-order valence-corrected chi connectivity index (χ1v) is 7.72. The quantitative estimate of drug-likeness (QED) is 0.797. The van der Waals surface area contributed by atoms with E-state index in [2.05, 4.69) is 0 Å². The number of benzene rings is 1. The van der Waals surface area contributed by atoms with Crippen molar-refractivity contribution in [2.75, 3.05) is 0 Å². The molecule has 1 aromatic rings. The molecule has 0 aliphatic carbocycles. The third kappa shape index (κ3) is 2.60. The van der Waals surface area contributed by atoms with Gasteiger partial charge in [-0.15, -0.1) is 0 Å². The molecule has 0 spiro atoms. The maximum absolute atomic E-state index is 12.9. The lowest BCUT2D eigenvalue weighted by Crippen LogP contribution is -2.52. The number of ether oxygens (including phenoxy) is 2. The van der Waals surface area contributed by atoms with Gasteiger partial charge in [0, 0.05) is 11.8 Å². The minimum Gasteiger partial charge on any atom is -0.456 e. The highest BCUT2D eigenvalue weighted by atomic mass is 32.2. The minimum absolute atomic E-state index is 0.492. The van der Waals surface area contributed by atoms with Crippen LogP contribution < -0.4 is 0 Å². The van der Waals surface area contributed by atoms with Gasteiger partial charge in [-0.05, 0) is 32.9 Å². The lowest BCUT2D eigenvalue weighted by Gasteiger charge is -2.31. The molecule has 1 aliphatic heterocycles. The van der Waals surface area contributed by atoms with E-state index in [4.69, 9.17) is 9.47 Å². The van der Waals surface area contributed by atoms with Crippen LogP contribution in [0.2, 0.25) is 0 Å². The van der Waals surface area contributed by atoms with Crippen LogP contribution in [0, 0.1) is 0 Å². The van der Waals surface area contributed by atoms with E-state index in [1.54, 1.807) is 44.2 Å². The summed E-state index contributed by atoms with van der Waals surface area (Å²) in [6.45, 7) is 6.06. The summed E-state index contributed by atoms with van der Waals surface area (Å²) in [4.78, 5) is 24.2. The fourth-order valence-corrected chi connectivity index (χ4v) is 4.16. The molecule has 5 nitrogen and oxygen atoms in total. The summed E-state index contributed by atoms with van der Waals surface area (Å²) < 4.78 is 22.0. The Morgan fingerprint density at radius 2 is 1.81 bits per heavy atom. The summed E-state index contributed by atoms with van der Waals surface area (Å²) in [5.41, 5.74) is -1.03. The topological polar surface area (TPSA) is 69.7 Å². The van der Waals surface area contributed by atoms with Gasteiger partial charge in [0.1, 0.15) is 5.60 Å². The third-order valence-electron chi connectivity index (χ3n) is 3.52. The number of esters is 2. The molecule has 0 radical (unpaired) electrons. The SMILES string of the molecule is CC(=O)O[C@H]1C(C)(C)OC(=O)[C@]1(C)S(=O)c1ccccc1. The number of carbonyl (C=O) groups excluding carboxylic acids is 2. The van der Waals surface area contributed by atoms with E-state index in [0.29, 0.717) is 4.90 Å². The first kappa shape index (κ1) is 15.7. The molecular formula is C15H18O5S. The van der Waals surface area contributed by atoms with Crippen molar-refractivity contribution in [1.29, 1.82) is 0 Å². The first-order chi connectivity index (χ1) is 9.69. The monoisotopic (exact) mass is 310 g/mol. The second-order valence-electron chi connectivity index (χ2n) is 5.67. The van der Waals surface area contributed by atoms with E-state index < -0.39 is 39.2 Å². The molecule has 1 heterocycles. The Hall–Kier alpha value is -1.69. The van der Waals surface area contributed by atoms with Crippen LogP contribution in [0.4, 0.5) is 0 Å². The zero-order chi connectivity index (χ0) is 15.8. The Bertz CT molecular complexity index is 595. The summed E-state index contributed by atoms with van der Waals surface area (Å²) in [6.07, 6.45) is -0.920. The number of hydrogen-bond acceptors (Lipinski definition) is 5. The molecule has 114 valence electrons. The zero-order valence-corrected chi connectivity index (χ0v) is 13.2. The highest BCUT2D eigenvalue weighted by molar-refractivity contribution is 7.87. The van der Waals surface area contributed by atoms with Crippen LogP contribution >= 0.6 is 0 Å². The van der Waals surface area contributed by atoms with Crippen LogP contribution in [0.5, 0.6) is 0 Å². The Labute approximate surface area is 126 Å². The van der Waals surface area contributed by atoms with Crippen LogP contribution in [0.1, 0.15) is 27.7 Å². The maximum atomic E-state index is 12.9. The minimum atomic E-state index is -1.70. The highest BCUT2D eigenvalue weighted by Crippen LogP contribution is 2.42. The predicted octanol–water partition coefficient (Wildman–Crippen LogP) is 1.82.